The highest BCUT2D eigenvalue weighted by Gasteiger charge is 2.33. The molecule has 0 saturated heterocycles. The molecule has 0 fully saturated rings. The van der Waals surface area contributed by atoms with Gasteiger partial charge in [-0.3, -0.25) is 9.59 Å². The van der Waals surface area contributed by atoms with Gasteiger partial charge in [0.2, 0.25) is 5.43 Å². The number of benzene rings is 1. The quantitative estimate of drug-likeness (QED) is 0.582. The second-order valence-electron chi connectivity index (χ2n) is 6.41. The molecule has 0 saturated carbocycles. The van der Waals surface area contributed by atoms with Crippen molar-refractivity contribution in [2.24, 2.45) is 0 Å². The highest BCUT2D eigenvalue weighted by Crippen LogP contribution is 2.32. The fourth-order valence-corrected chi connectivity index (χ4v) is 3.28. The fraction of sp³-hybridized carbons (Fsp3) is 0.200. The molecule has 0 aliphatic rings. The van der Waals surface area contributed by atoms with E-state index in [1.54, 1.807) is 13.8 Å². The summed E-state index contributed by atoms with van der Waals surface area (Å²) in [6, 6.07) is 6.15. The van der Waals surface area contributed by atoms with Gasteiger partial charge >= 0.3 is 6.18 Å². The van der Waals surface area contributed by atoms with Crippen LogP contribution in [-0.4, -0.2) is 9.97 Å². The molecule has 5 nitrogen and oxygen atoms in total. The van der Waals surface area contributed by atoms with E-state index in [-0.39, 0.29) is 34.6 Å². The van der Waals surface area contributed by atoms with Gasteiger partial charge in [0.15, 0.2) is 11.3 Å². The lowest BCUT2D eigenvalue weighted by Crippen LogP contribution is -2.17. The molecular weight excluding hydrogens is 453 g/mol. The minimum absolute atomic E-state index is 0.00372. The summed E-state index contributed by atoms with van der Waals surface area (Å²) in [5.41, 5.74) is -0.190. The number of hydrogen-bond donors (Lipinski definition) is 2. The van der Waals surface area contributed by atoms with Crippen LogP contribution in [0.15, 0.2) is 50.6 Å². The maximum Gasteiger partial charge on any atom is 0.416 e. The first kappa shape index (κ1) is 20.9. The second kappa shape index (κ2) is 7.90. The van der Waals surface area contributed by atoms with Crippen LogP contribution in [0.5, 0.6) is 5.88 Å². The molecule has 0 amide bonds. The van der Waals surface area contributed by atoms with Crippen LogP contribution in [0.1, 0.15) is 22.5 Å². The standard InChI is InChI=1S/C20H16BrF3N2O3/c1-10-17(19(28)18(21)11(2)26-10)13-8-25-16(7-15(13)27)29-9-12-5-3-4-6-14(12)20(22,23)24/h3-8H,9H2,1-2H3,(H,25,27)(H,26,28). The van der Waals surface area contributed by atoms with Crippen molar-refractivity contribution in [2.45, 2.75) is 26.6 Å². The zero-order valence-corrected chi connectivity index (χ0v) is 17.0. The summed E-state index contributed by atoms with van der Waals surface area (Å²) in [7, 11) is 0. The van der Waals surface area contributed by atoms with Crippen molar-refractivity contribution >= 4 is 15.9 Å². The van der Waals surface area contributed by atoms with Gasteiger partial charge in [0, 0.05) is 29.2 Å². The zero-order chi connectivity index (χ0) is 21.3. The Labute approximate surface area is 171 Å². The van der Waals surface area contributed by atoms with E-state index >= 15 is 0 Å². The summed E-state index contributed by atoms with van der Waals surface area (Å²) >= 11 is 3.20. The third kappa shape index (κ3) is 4.29. The van der Waals surface area contributed by atoms with Crippen LogP contribution in [-0.2, 0) is 12.8 Å². The summed E-state index contributed by atoms with van der Waals surface area (Å²) < 4.78 is 44.9. The Balaban J connectivity index is 1.91. The lowest BCUT2D eigenvalue weighted by Gasteiger charge is -2.13. The molecule has 3 aromatic rings. The molecule has 9 heteroatoms. The number of nitrogens with one attached hydrogen (secondary N) is 2. The maximum atomic E-state index is 13.1. The molecule has 0 bridgehead atoms. The number of pyridine rings is 2. The second-order valence-corrected chi connectivity index (χ2v) is 7.20. The molecule has 0 aliphatic heterocycles. The Morgan fingerprint density at radius 2 is 1.79 bits per heavy atom. The van der Waals surface area contributed by atoms with Crippen LogP contribution in [0.2, 0.25) is 0 Å². The summed E-state index contributed by atoms with van der Waals surface area (Å²) in [5.74, 6) is -0.00372. The number of alkyl halides is 3. The maximum absolute atomic E-state index is 13.1. The van der Waals surface area contributed by atoms with Crippen molar-refractivity contribution in [1.82, 2.24) is 9.97 Å². The SMILES string of the molecule is Cc1[nH]c(C)c(-c2c[nH]c(OCc3ccccc3C(F)(F)F)cc2=O)c(=O)c1Br. The highest BCUT2D eigenvalue weighted by atomic mass is 79.9. The third-order valence-electron chi connectivity index (χ3n) is 4.37. The topological polar surface area (TPSA) is 75.0 Å². The number of aromatic amines is 2. The van der Waals surface area contributed by atoms with Gasteiger partial charge in [-0.05, 0) is 35.8 Å². The van der Waals surface area contributed by atoms with Crippen LogP contribution in [0.25, 0.3) is 11.1 Å². The van der Waals surface area contributed by atoms with E-state index in [1.807, 2.05) is 0 Å². The van der Waals surface area contributed by atoms with Crippen LogP contribution < -0.4 is 15.6 Å². The summed E-state index contributed by atoms with van der Waals surface area (Å²) in [6.45, 7) is 3.02. The Bertz CT molecular complexity index is 1180. The van der Waals surface area contributed by atoms with E-state index in [0.29, 0.717) is 15.9 Å². The Morgan fingerprint density at radius 3 is 2.45 bits per heavy atom. The van der Waals surface area contributed by atoms with Gasteiger partial charge in [-0.2, -0.15) is 13.2 Å². The molecule has 0 aliphatic carbocycles. The van der Waals surface area contributed by atoms with E-state index < -0.39 is 17.2 Å². The van der Waals surface area contributed by atoms with Gasteiger partial charge in [0.1, 0.15) is 6.61 Å². The van der Waals surface area contributed by atoms with Crippen molar-refractivity contribution in [3.63, 3.8) is 0 Å². The predicted octanol–water partition coefficient (Wildman–Crippen LogP) is 4.71. The molecule has 2 aromatic heterocycles. The van der Waals surface area contributed by atoms with E-state index in [0.717, 1.165) is 12.1 Å². The first-order valence-electron chi connectivity index (χ1n) is 8.49. The van der Waals surface area contributed by atoms with Crippen LogP contribution in [0.4, 0.5) is 13.2 Å². The van der Waals surface area contributed by atoms with Gasteiger partial charge in [-0.15, -0.1) is 0 Å². The molecule has 0 atom stereocenters. The summed E-state index contributed by atoms with van der Waals surface area (Å²) in [4.78, 5) is 30.8. The number of aryl methyl sites for hydroxylation is 2. The smallest absolute Gasteiger partial charge is 0.416 e. The van der Waals surface area contributed by atoms with Crippen molar-refractivity contribution in [3.8, 4) is 17.0 Å². The molecule has 0 radical (unpaired) electrons. The van der Waals surface area contributed by atoms with Gasteiger partial charge in [-0.25, -0.2) is 0 Å². The molecule has 2 N–H and O–H groups in total. The van der Waals surface area contributed by atoms with Crippen molar-refractivity contribution in [3.05, 3.63) is 84.0 Å². The first-order chi connectivity index (χ1) is 13.6. The van der Waals surface area contributed by atoms with Gasteiger partial charge in [0.25, 0.3) is 0 Å². The molecular formula is C20H16BrF3N2O3. The third-order valence-corrected chi connectivity index (χ3v) is 5.32. The highest BCUT2D eigenvalue weighted by molar-refractivity contribution is 9.10. The zero-order valence-electron chi connectivity index (χ0n) is 15.4. The molecule has 3 rings (SSSR count). The van der Waals surface area contributed by atoms with Gasteiger partial charge < -0.3 is 14.7 Å². The van der Waals surface area contributed by atoms with Crippen molar-refractivity contribution < 1.29 is 17.9 Å². The number of halogens is 4. The van der Waals surface area contributed by atoms with E-state index in [9.17, 15) is 22.8 Å². The van der Waals surface area contributed by atoms with Crippen LogP contribution >= 0.6 is 15.9 Å². The van der Waals surface area contributed by atoms with Crippen LogP contribution in [0, 0.1) is 13.8 Å². The molecule has 0 unspecified atom stereocenters. The van der Waals surface area contributed by atoms with Gasteiger partial charge in [-0.1, -0.05) is 18.2 Å². The normalized spacial score (nSPS) is 11.5. The van der Waals surface area contributed by atoms with Crippen LogP contribution in [0.3, 0.4) is 0 Å². The number of H-pyrrole nitrogens is 2. The molecule has 2 heterocycles. The number of ether oxygens (including phenoxy) is 1. The molecule has 0 spiro atoms. The largest absolute Gasteiger partial charge is 0.474 e. The number of rotatable bonds is 4. The average Bonchev–Trinajstić information content (AvgIpc) is 2.65. The minimum Gasteiger partial charge on any atom is -0.474 e. The van der Waals surface area contributed by atoms with Crippen molar-refractivity contribution in [1.29, 1.82) is 0 Å². The monoisotopic (exact) mass is 468 g/mol. The summed E-state index contributed by atoms with van der Waals surface area (Å²) in [6.07, 6.45) is -3.19. The predicted molar refractivity (Wildman–Crippen MR) is 106 cm³/mol. The lowest BCUT2D eigenvalue weighted by molar-refractivity contribution is -0.138. The van der Waals surface area contributed by atoms with Crippen molar-refractivity contribution in [2.75, 3.05) is 0 Å². The van der Waals surface area contributed by atoms with E-state index in [4.69, 9.17) is 4.74 Å². The number of aromatic nitrogens is 2. The lowest BCUT2D eigenvalue weighted by atomic mass is 10.1. The molecule has 1 aromatic carbocycles. The van der Waals surface area contributed by atoms with Gasteiger partial charge in [0.05, 0.1) is 21.2 Å². The molecule has 29 heavy (non-hydrogen) atoms. The summed E-state index contributed by atoms with van der Waals surface area (Å²) in [5, 5.41) is 0. The first-order valence-corrected chi connectivity index (χ1v) is 9.29. The number of hydrogen-bond acceptors (Lipinski definition) is 3. The Morgan fingerprint density at radius 1 is 1.10 bits per heavy atom. The Kier molecular flexibility index (Phi) is 5.70. The van der Waals surface area contributed by atoms with E-state index in [1.165, 1.54) is 24.4 Å². The average molecular weight is 469 g/mol. The van der Waals surface area contributed by atoms with E-state index in [2.05, 4.69) is 25.9 Å². The molecule has 152 valence electrons. The fourth-order valence-electron chi connectivity index (χ4n) is 2.98. The minimum atomic E-state index is -4.51. The Hall–Kier alpha value is -2.81.